The van der Waals surface area contributed by atoms with E-state index in [4.69, 9.17) is 22.1 Å². The van der Waals surface area contributed by atoms with Gasteiger partial charge in [-0.15, -0.1) is 0 Å². The number of hydrogen-bond acceptors (Lipinski definition) is 7. The summed E-state index contributed by atoms with van der Waals surface area (Å²) >= 11 is 6.12. The number of nitrogens with two attached hydrogens (primary N) is 1. The number of ether oxygens (including phenoxy) is 1. The Balaban J connectivity index is 1.39. The van der Waals surface area contributed by atoms with Crippen LogP contribution in [0.1, 0.15) is 41.6 Å². The molecule has 1 aliphatic carbocycles. The molecule has 3 atom stereocenters. The Bertz CT molecular complexity index is 1980. The zero-order chi connectivity index (χ0) is 34.2. The molecule has 1 saturated heterocycles. The summed E-state index contributed by atoms with van der Waals surface area (Å²) in [5, 5.41) is 1.25. The van der Waals surface area contributed by atoms with E-state index in [0.29, 0.717) is 33.1 Å². The maximum Gasteiger partial charge on any atom is 0.341 e. The molecule has 3 N–H and O–H groups in total. The minimum absolute atomic E-state index is 0.0174. The largest absolute Gasteiger partial charge is 0.456 e. The van der Waals surface area contributed by atoms with Gasteiger partial charge < -0.3 is 20.4 Å². The van der Waals surface area contributed by atoms with E-state index in [1.54, 1.807) is 30.5 Å². The predicted octanol–water partition coefficient (Wildman–Crippen LogP) is 5.64. The van der Waals surface area contributed by atoms with Gasteiger partial charge in [-0.3, -0.25) is 14.5 Å². The molecule has 252 valence electrons. The van der Waals surface area contributed by atoms with Crippen molar-refractivity contribution in [2.75, 3.05) is 27.2 Å². The van der Waals surface area contributed by atoms with E-state index in [1.165, 1.54) is 37.2 Å². The molecule has 3 aromatic carbocycles. The van der Waals surface area contributed by atoms with Crippen molar-refractivity contribution in [2.24, 2.45) is 17.6 Å². The number of urea groups is 1. The van der Waals surface area contributed by atoms with Gasteiger partial charge in [0, 0.05) is 49.2 Å². The van der Waals surface area contributed by atoms with Crippen LogP contribution in [0.3, 0.4) is 0 Å². The fraction of sp³-hybridized carbons (Fsp3) is 0.343. The van der Waals surface area contributed by atoms with Gasteiger partial charge in [-0.2, -0.15) is 0 Å². The highest BCUT2D eigenvalue weighted by Crippen LogP contribution is 2.36. The molecule has 2 heterocycles. The van der Waals surface area contributed by atoms with Gasteiger partial charge in [0.05, 0.1) is 10.5 Å². The molecular weight excluding hydrogens is 654 g/mol. The molecular formula is C35H38ClN5O6S. The number of imide groups is 1. The Morgan fingerprint density at radius 3 is 2.56 bits per heavy atom. The SMILES string of the molecule is CN(C)C(=O)c1cc(S(=O)(=O)N2C(=O)N(CC3CCCC(CN)C3)C(=O)C2Cc2c[nH]c3ccccc23)ccc1Oc1cccc(Cl)c1. The van der Waals surface area contributed by atoms with Crippen LogP contribution in [0.4, 0.5) is 4.79 Å². The lowest BCUT2D eigenvalue weighted by molar-refractivity contribution is -0.128. The lowest BCUT2D eigenvalue weighted by Crippen LogP contribution is -2.42. The molecule has 4 aromatic rings. The van der Waals surface area contributed by atoms with Crippen LogP contribution in [-0.2, 0) is 21.2 Å². The first-order valence-corrected chi connectivity index (χ1v) is 17.7. The van der Waals surface area contributed by atoms with Gasteiger partial charge in [0.1, 0.15) is 17.5 Å². The number of fused-ring (bicyclic) bond motifs is 1. The van der Waals surface area contributed by atoms with E-state index in [0.717, 1.165) is 41.5 Å². The fourth-order valence-corrected chi connectivity index (χ4v) is 8.44. The van der Waals surface area contributed by atoms with Crippen LogP contribution in [0, 0.1) is 11.8 Å². The molecule has 3 unspecified atom stereocenters. The Morgan fingerprint density at radius 2 is 1.81 bits per heavy atom. The molecule has 2 aliphatic rings. The summed E-state index contributed by atoms with van der Waals surface area (Å²) in [5.41, 5.74) is 7.43. The average Bonchev–Trinajstić information content (AvgIpc) is 3.58. The molecule has 1 aliphatic heterocycles. The quantitative estimate of drug-likeness (QED) is 0.205. The lowest BCUT2D eigenvalue weighted by atomic mass is 9.81. The van der Waals surface area contributed by atoms with Crippen LogP contribution in [0.25, 0.3) is 10.9 Å². The van der Waals surface area contributed by atoms with Crippen LogP contribution >= 0.6 is 11.6 Å². The van der Waals surface area contributed by atoms with Crippen molar-refractivity contribution >= 4 is 50.4 Å². The minimum Gasteiger partial charge on any atom is -0.456 e. The van der Waals surface area contributed by atoms with Crippen LogP contribution in [-0.4, -0.2) is 78.6 Å². The number of halogens is 1. The number of nitrogens with one attached hydrogen (secondary N) is 1. The van der Waals surface area contributed by atoms with Gasteiger partial charge in [-0.1, -0.05) is 42.3 Å². The molecule has 1 aromatic heterocycles. The number of sulfonamides is 1. The Labute approximate surface area is 284 Å². The number of para-hydroxylation sites is 1. The predicted molar refractivity (Wildman–Crippen MR) is 182 cm³/mol. The molecule has 0 spiro atoms. The average molecular weight is 692 g/mol. The second-order valence-corrected chi connectivity index (χ2v) is 14.9. The number of amides is 4. The molecule has 0 bridgehead atoms. The number of aromatic amines is 1. The second-order valence-electron chi connectivity index (χ2n) is 12.7. The molecule has 6 rings (SSSR count). The fourth-order valence-electron chi connectivity index (χ4n) is 6.72. The molecule has 1 saturated carbocycles. The maximum atomic E-state index is 14.5. The summed E-state index contributed by atoms with van der Waals surface area (Å²) in [6, 6.07) is 15.7. The Hall–Kier alpha value is -4.39. The summed E-state index contributed by atoms with van der Waals surface area (Å²) < 4.78 is 35.7. The summed E-state index contributed by atoms with van der Waals surface area (Å²) in [5.74, 6) is -0.337. The molecule has 48 heavy (non-hydrogen) atoms. The third-order valence-corrected chi connectivity index (χ3v) is 11.2. The number of carbonyl (C=O) groups is 3. The third kappa shape index (κ3) is 6.52. The monoisotopic (exact) mass is 691 g/mol. The first kappa shape index (κ1) is 33.5. The van der Waals surface area contributed by atoms with E-state index in [2.05, 4.69) is 4.98 Å². The maximum absolute atomic E-state index is 14.5. The normalized spacial score (nSPS) is 20.0. The van der Waals surface area contributed by atoms with Crippen molar-refractivity contribution in [3.05, 3.63) is 89.1 Å². The molecule has 0 radical (unpaired) electrons. The first-order chi connectivity index (χ1) is 23.0. The minimum atomic E-state index is -4.65. The van der Waals surface area contributed by atoms with Crippen LogP contribution in [0.15, 0.2) is 77.8 Å². The number of hydrogen-bond donors (Lipinski definition) is 2. The van der Waals surface area contributed by atoms with E-state index >= 15 is 0 Å². The van der Waals surface area contributed by atoms with Gasteiger partial charge >= 0.3 is 6.03 Å². The summed E-state index contributed by atoms with van der Waals surface area (Å²) in [6.07, 6.45) is 5.20. The van der Waals surface area contributed by atoms with E-state index < -0.39 is 33.9 Å². The van der Waals surface area contributed by atoms with Gasteiger partial charge in [-0.25, -0.2) is 17.5 Å². The molecule has 13 heteroatoms. The number of aromatic nitrogens is 1. The number of rotatable bonds is 10. The highest BCUT2D eigenvalue weighted by molar-refractivity contribution is 7.89. The van der Waals surface area contributed by atoms with Crippen LogP contribution < -0.4 is 10.5 Å². The van der Waals surface area contributed by atoms with E-state index in [1.807, 2.05) is 24.3 Å². The van der Waals surface area contributed by atoms with Gasteiger partial charge in [0.2, 0.25) is 0 Å². The topological polar surface area (TPSA) is 146 Å². The number of carbonyl (C=O) groups excluding carboxylic acids is 3. The van der Waals surface area contributed by atoms with Crippen LogP contribution in [0.5, 0.6) is 11.5 Å². The first-order valence-electron chi connectivity index (χ1n) is 15.9. The molecule has 2 fully saturated rings. The standard InChI is InChI=1S/C35H38ClN5O6S/c1-39(2)33(42)29-18-27(13-14-32(29)47-26-10-6-9-25(36)17-26)48(45,46)41-31(16-24-20-38-30-12-4-3-11-28(24)30)34(43)40(35(41)44)21-23-8-5-7-22(15-23)19-37/h3-4,6,9-14,17-18,20,22-23,31,38H,5,7-8,15-16,19,21,37H2,1-2H3. The van der Waals surface area contributed by atoms with Crippen molar-refractivity contribution in [1.29, 1.82) is 0 Å². The van der Waals surface area contributed by atoms with Crippen molar-refractivity contribution in [1.82, 2.24) is 19.1 Å². The van der Waals surface area contributed by atoms with Crippen molar-refractivity contribution in [3.8, 4) is 11.5 Å². The highest BCUT2D eigenvalue weighted by Gasteiger charge is 2.52. The van der Waals surface area contributed by atoms with Crippen molar-refractivity contribution in [3.63, 3.8) is 0 Å². The zero-order valence-electron chi connectivity index (χ0n) is 26.8. The Morgan fingerprint density at radius 1 is 1.04 bits per heavy atom. The third-order valence-electron chi connectivity index (χ3n) is 9.18. The van der Waals surface area contributed by atoms with E-state index in [-0.39, 0.29) is 35.1 Å². The highest BCUT2D eigenvalue weighted by atomic mass is 35.5. The number of H-pyrrole nitrogens is 1. The zero-order valence-corrected chi connectivity index (χ0v) is 28.3. The lowest BCUT2D eigenvalue weighted by Gasteiger charge is -2.30. The Kier molecular flexibility index (Phi) is 9.50. The number of nitrogens with zero attached hydrogens (tertiary/aromatic N) is 3. The summed E-state index contributed by atoms with van der Waals surface area (Å²) in [7, 11) is -1.58. The van der Waals surface area contributed by atoms with Crippen LogP contribution in [0.2, 0.25) is 5.02 Å². The van der Waals surface area contributed by atoms with Gasteiger partial charge in [0.15, 0.2) is 0 Å². The van der Waals surface area contributed by atoms with Crippen molar-refractivity contribution < 1.29 is 27.5 Å². The molecule has 11 nitrogen and oxygen atoms in total. The van der Waals surface area contributed by atoms with E-state index in [9.17, 15) is 22.8 Å². The summed E-state index contributed by atoms with van der Waals surface area (Å²) in [6.45, 7) is 0.633. The van der Waals surface area contributed by atoms with Gasteiger partial charge in [0.25, 0.3) is 21.8 Å². The van der Waals surface area contributed by atoms with Crippen molar-refractivity contribution in [2.45, 2.75) is 43.0 Å². The summed E-state index contributed by atoms with van der Waals surface area (Å²) in [4.78, 5) is 46.8. The number of benzene rings is 3. The van der Waals surface area contributed by atoms with Gasteiger partial charge in [-0.05, 0) is 85.7 Å². The molecule has 4 amide bonds. The smallest absolute Gasteiger partial charge is 0.341 e. The second kappa shape index (κ2) is 13.6.